The van der Waals surface area contributed by atoms with Crippen LogP contribution in [0.15, 0.2) is 9.32 Å². The molecule has 1 N–H and O–H groups in total. The van der Waals surface area contributed by atoms with Gasteiger partial charge in [-0.3, -0.25) is 4.79 Å². The third kappa shape index (κ3) is 1.38. The van der Waals surface area contributed by atoms with Gasteiger partial charge in [0.2, 0.25) is 0 Å². The van der Waals surface area contributed by atoms with Gasteiger partial charge in [0.25, 0.3) is 5.56 Å². The van der Waals surface area contributed by atoms with Gasteiger partial charge >= 0.3 is 0 Å². The monoisotopic (exact) mass is 179 g/mol. The number of hydrogen-bond acceptors (Lipinski definition) is 3. The third-order valence-electron chi connectivity index (χ3n) is 0.987. The molecular formula is C5H6ClNO2S. The fraction of sp³-hybridized carbons (Fsp3) is 0.400. The molecule has 0 radical (unpaired) electrons. The molecule has 1 aromatic rings. The molecule has 0 bridgehead atoms. The van der Waals surface area contributed by atoms with Gasteiger partial charge in [0.05, 0.1) is 5.75 Å². The predicted molar refractivity (Wildman–Crippen MR) is 41.6 cm³/mol. The molecule has 3 nitrogen and oxygen atoms in total. The molecule has 0 amide bonds. The number of aromatic amines is 1. The van der Waals surface area contributed by atoms with Crippen molar-refractivity contribution in [1.29, 1.82) is 0 Å². The van der Waals surface area contributed by atoms with E-state index in [2.05, 4.69) is 5.16 Å². The van der Waals surface area contributed by atoms with Crippen LogP contribution >= 0.6 is 23.4 Å². The fourth-order valence-electron chi connectivity index (χ4n) is 0.548. The summed E-state index contributed by atoms with van der Waals surface area (Å²) in [6.45, 7) is 0. The molecule has 56 valence electrons. The average molecular weight is 180 g/mol. The Kier molecular flexibility index (Phi) is 2.45. The number of aromatic nitrogens is 1. The zero-order valence-electron chi connectivity index (χ0n) is 5.31. The molecule has 0 unspecified atom stereocenters. The maximum absolute atomic E-state index is 10.6. The van der Waals surface area contributed by atoms with Crippen molar-refractivity contribution in [2.45, 2.75) is 5.75 Å². The summed E-state index contributed by atoms with van der Waals surface area (Å²) in [6.07, 6.45) is 1.91. The Morgan fingerprint density at radius 1 is 1.80 bits per heavy atom. The maximum atomic E-state index is 10.6. The minimum atomic E-state index is -0.356. The summed E-state index contributed by atoms with van der Waals surface area (Å²) < 4.78 is 4.75. The Labute approximate surface area is 66.7 Å². The molecule has 0 aliphatic heterocycles. The molecule has 0 aliphatic rings. The van der Waals surface area contributed by atoms with Crippen LogP contribution in [0.2, 0.25) is 5.02 Å². The van der Waals surface area contributed by atoms with E-state index in [1.807, 2.05) is 6.26 Å². The third-order valence-corrected chi connectivity index (χ3v) is 1.92. The van der Waals surface area contributed by atoms with Gasteiger partial charge in [-0.05, 0) is 6.26 Å². The quantitative estimate of drug-likeness (QED) is 0.748. The number of hydrogen-bond donors (Lipinski definition) is 1. The van der Waals surface area contributed by atoms with Crippen molar-refractivity contribution >= 4 is 23.4 Å². The van der Waals surface area contributed by atoms with Gasteiger partial charge in [0.1, 0.15) is 0 Å². The molecule has 1 aromatic heterocycles. The van der Waals surface area contributed by atoms with Crippen molar-refractivity contribution in [3.8, 4) is 0 Å². The van der Waals surface area contributed by atoms with Gasteiger partial charge in [0, 0.05) is 0 Å². The minimum absolute atomic E-state index is 0.161. The van der Waals surface area contributed by atoms with Crippen LogP contribution in [0.25, 0.3) is 0 Å². The first-order valence-electron chi connectivity index (χ1n) is 2.60. The second-order valence-electron chi connectivity index (χ2n) is 1.70. The summed E-state index contributed by atoms with van der Waals surface area (Å²) in [6, 6.07) is 0. The van der Waals surface area contributed by atoms with E-state index in [1.165, 1.54) is 0 Å². The van der Waals surface area contributed by atoms with Crippen LogP contribution in [0.1, 0.15) is 5.76 Å². The molecule has 0 spiro atoms. The predicted octanol–water partition coefficient (Wildman–Crippen LogP) is 1.48. The summed E-state index contributed by atoms with van der Waals surface area (Å²) in [4.78, 5) is 10.6. The number of rotatable bonds is 2. The zero-order chi connectivity index (χ0) is 7.56. The van der Waals surface area contributed by atoms with Crippen LogP contribution in [0, 0.1) is 0 Å². The second kappa shape index (κ2) is 3.16. The van der Waals surface area contributed by atoms with Gasteiger partial charge in [0.15, 0.2) is 10.8 Å². The van der Waals surface area contributed by atoms with E-state index in [0.29, 0.717) is 11.5 Å². The van der Waals surface area contributed by atoms with E-state index < -0.39 is 0 Å². The molecule has 0 saturated carbocycles. The minimum Gasteiger partial charge on any atom is -0.381 e. The van der Waals surface area contributed by atoms with E-state index in [0.717, 1.165) is 0 Å². The normalized spacial score (nSPS) is 10.2. The lowest BCUT2D eigenvalue weighted by Gasteiger charge is -1.87. The SMILES string of the molecule is CSCc1o[nH]c(=O)c1Cl. The molecule has 5 heteroatoms. The molecular weight excluding hydrogens is 174 g/mol. The maximum Gasteiger partial charge on any atom is 0.298 e. The van der Waals surface area contributed by atoms with Crippen LogP contribution in [-0.2, 0) is 5.75 Å². The number of H-pyrrole nitrogens is 1. The van der Waals surface area contributed by atoms with E-state index in [-0.39, 0.29) is 10.6 Å². The number of nitrogens with one attached hydrogen (secondary N) is 1. The highest BCUT2D eigenvalue weighted by molar-refractivity contribution is 7.97. The standard InChI is InChI=1S/C5H6ClNO2S/c1-10-2-3-4(6)5(8)7-9-3/h2H2,1H3,(H,7,8). The van der Waals surface area contributed by atoms with Crippen molar-refractivity contribution in [1.82, 2.24) is 5.16 Å². The lowest BCUT2D eigenvalue weighted by Crippen LogP contribution is -1.96. The highest BCUT2D eigenvalue weighted by atomic mass is 35.5. The Hall–Kier alpha value is -0.350. The van der Waals surface area contributed by atoms with Gasteiger partial charge in [-0.15, -0.1) is 0 Å². The summed E-state index contributed by atoms with van der Waals surface area (Å²) in [7, 11) is 0. The Balaban J connectivity index is 2.94. The Bertz CT molecular complexity index is 267. The van der Waals surface area contributed by atoms with E-state index in [9.17, 15) is 4.79 Å². The van der Waals surface area contributed by atoms with Crippen LogP contribution < -0.4 is 5.56 Å². The fourth-order valence-corrected chi connectivity index (χ4v) is 1.24. The molecule has 1 rings (SSSR count). The molecule has 10 heavy (non-hydrogen) atoms. The number of halogens is 1. The van der Waals surface area contributed by atoms with Crippen LogP contribution in [0.3, 0.4) is 0 Å². The second-order valence-corrected chi connectivity index (χ2v) is 2.95. The van der Waals surface area contributed by atoms with E-state index in [4.69, 9.17) is 16.1 Å². The van der Waals surface area contributed by atoms with Crippen LogP contribution in [0.4, 0.5) is 0 Å². The Morgan fingerprint density at radius 3 is 2.90 bits per heavy atom. The topological polar surface area (TPSA) is 46.0 Å². The van der Waals surface area contributed by atoms with Crippen molar-refractivity contribution in [2.75, 3.05) is 6.26 Å². The van der Waals surface area contributed by atoms with Crippen molar-refractivity contribution in [2.24, 2.45) is 0 Å². The molecule has 0 aromatic carbocycles. The smallest absolute Gasteiger partial charge is 0.298 e. The average Bonchev–Trinajstić information content (AvgIpc) is 2.20. The van der Waals surface area contributed by atoms with E-state index >= 15 is 0 Å². The van der Waals surface area contributed by atoms with Crippen molar-refractivity contribution < 1.29 is 4.52 Å². The largest absolute Gasteiger partial charge is 0.381 e. The van der Waals surface area contributed by atoms with Crippen LogP contribution in [-0.4, -0.2) is 11.4 Å². The molecule has 0 atom stereocenters. The van der Waals surface area contributed by atoms with Gasteiger partial charge in [-0.1, -0.05) is 11.6 Å². The number of thioether (sulfide) groups is 1. The molecule has 0 fully saturated rings. The highest BCUT2D eigenvalue weighted by Crippen LogP contribution is 2.14. The first-order chi connectivity index (χ1) is 4.75. The zero-order valence-corrected chi connectivity index (χ0v) is 6.88. The summed E-state index contributed by atoms with van der Waals surface area (Å²) in [5, 5.41) is 2.31. The summed E-state index contributed by atoms with van der Waals surface area (Å²) >= 11 is 7.08. The van der Waals surface area contributed by atoms with Gasteiger partial charge in [-0.25, -0.2) is 0 Å². The first kappa shape index (κ1) is 7.75. The summed E-state index contributed by atoms with van der Waals surface area (Å²) in [5.41, 5.74) is -0.356. The van der Waals surface area contributed by atoms with Gasteiger partial charge < -0.3 is 4.52 Å². The molecule has 1 heterocycles. The lowest BCUT2D eigenvalue weighted by atomic mass is 10.5. The molecule has 0 aliphatic carbocycles. The van der Waals surface area contributed by atoms with Crippen molar-refractivity contribution in [3.05, 3.63) is 21.1 Å². The lowest BCUT2D eigenvalue weighted by molar-refractivity contribution is 0.390. The summed E-state index contributed by atoms with van der Waals surface area (Å²) in [5.74, 6) is 1.14. The molecule has 0 saturated heterocycles. The first-order valence-corrected chi connectivity index (χ1v) is 4.37. The van der Waals surface area contributed by atoms with Crippen LogP contribution in [0.5, 0.6) is 0 Å². The Morgan fingerprint density at radius 2 is 2.50 bits per heavy atom. The van der Waals surface area contributed by atoms with E-state index in [1.54, 1.807) is 11.8 Å². The van der Waals surface area contributed by atoms with Crippen molar-refractivity contribution in [3.63, 3.8) is 0 Å². The van der Waals surface area contributed by atoms with Gasteiger partial charge in [-0.2, -0.15) is 16.9 Å². The highest BCUT2D eigenvalue weighted by Gasteiger charge is 2.07.